The first-order valence-electron chi connectivity index (χ1n) is 9.07. The number of sulfone groups is 1. The molecule has 152 valence electrons. The van der Waals surface area contributed by atoms with Gasteiger partial charge in [0.25, 0.3) is 5.56 Å². The van der Waals surface area contributed by atoms with E-state index in [9.17, 15) is 13.2 Å². The molecule has 0 aliphatic carbocycles. The SMILES string of the molecule is CS(=O)(=O)CCn1c(-c2ccc(Cl)cc2)nc2c(-c3cccnc3)nccc2c1=O. The van der Waals surface area contributed by atoms with Gasteiger partial charge in [0.2, 0.25) is 0 Å². The number of benzene rings is 1. The topological polar surface area (TPSA) is 94.8 Å². The fraction of sp³-hybridized carbons (Fsp3) is 0.143. The Bertz CT molecular complexity index is 1390. The van der Waals surface area contributed by atoms with E-state index in [1.807, 2.05) is 6.07 Å². The van der Waals surface area contributed by atoms with Gasteiger partial charge in [0, 0.05) is 47.5 Å². The third kappa shape index (κ3) is 4.10. The highest BCUT2D eigenvalue weighted by Crippen LogP contribution is 2.26. The van der Waals surface area contributed by atoms with Crippen molar-refractivity contribution in [3.05, 3.63) is 76.4 Å². The highest BCUT2D eigenvalue weighted by molar-refractivity contribution is 7.90. The Morgan fingerprint density at radius 2 is 1.80 bits per heavy atom. The van der Waals surface area contributed by atoms with Gasteiger partial charge in [0.15, 0.2) is 0 Å². The van der Waals surface area contributed by atoms with E-state index in [0.29, 0.717) is 33.0 Å². The van der Waals surface area contributed by atoms with Gasteiger partial charge in [-0.1, -0.05) is 11.6 Å². The Kier molecular flexibility index (Phi) is 5.36. The van der Waals surface area contributed by atoms with E-state index in [1.165, 1.54) is 10.8 Å². The lowest BCUT2D eigenvalue weighted by atomic mass is 10.1. The normalized spacial score (nSPS) is 11.7. The molecule has 0 aliphatic rings. The molecule has 0 N–H and O–H groups in total. The van der Waals surface area contributed by atoms with Crippen LogP contribution >= 0.6 is 11.6 Å². The summed E-state index contributed by atoms with van der Waals surface area (Å²) in [5, 5.41) is 0.900. The van der Waals surface area contributed by atoms with Crippen LogP contribution in [0.2, 0.25) is 5.02 Å². The maximum atomic E-state index is 13.3. The smallest absolute Gasteiger partial charge is 0.261 e. The minimum Gasteiger partial charge on any atom is -0.291 e. The lowest BCUT2D eigenvalue weighted by Gasteiger charge is -2.15. The van der Waals surface area contributed by atoms with Gasteiger partial charge >= 0.3 is 0 Å². The summed E-state index contributed by atoms with van der Waals surface area (Å²) >= 11 is 6.01. The molecule has 0 saturated carbocycles. The van der Waals surface area contributed by atoms with E-state index in [1.54, 1.807) is 48.8 Å². The summed E-state index contributed by atoms with van der Waals surface area (Å²) in [6.45, 7) is -0.0108. The summed E-state index contributed by atoms with van der Waals surface area (Å²) in [7, 11) is -3.28. The summed E-state index contributed by atoms with van der Waals surface area (Å²) < 4.78 is 24.9. The highest BCUT2D eigenvalue weighted by atomic mass is 35.5. The molecule has 3 aromatic heterocycles. The van der Waals surface area contributed by atoms with E-state index in [-0.39, 0.29) is 17.9 Å². The predicted octanol–water partition coefficient (Wildman–Crippen LogP) is 3.22. The molecule has 0 bridgehead atoms. The molecule has 0 aliphatic heterocycles. The van der Waals surface area contributed by atoms with Gasteiger partial charge in [0.1, 0.15) is 21.2 Å². The second-order valence-electron chi connectivity index (χ2n) is 6.83. The van der Waals surface area contributed by atoms with E-state index in [4.69, 9.17) is 16.6 Å². The van der Waals surface area contributed by atoms with Crippen LogP contribution in [0, 0.1) is 0 Å². The summed E-state index contributed by atoms with van der Waals surface area (Å²) in [5.74, 6) is 0.173. The largest absolute Gasteiger partial charge is 0.291 e. The van der Waals surface area contributed by atoms with E-state index in [0.717, 1.165) is 11.8 Å². The second kappa shape index (κ2) is 7.97. The first-order valence-corrected chi connectivity index (χ1v) is 11.5. The van der Waals surface area contributed by atoms with Crippen LogP contribution in [0.1, 0.15) is 0 Å². The number of pyridine rings is 2. The second-order valence-corrected chi connectivity index (χ2v) is 9.52. The number of hydrogen-bond acceptors (Lipinski definition) is 6. The Morgan fingerprint density at radius 3 is 2.47 bits per heavy atom. The number of aromatic nitrogens is 4. The molecule has 30 heavy (non-hydrogen) atoms. The van der Waals surface area contributed by atoms with Crippen molar-refractivity contribution in [3.63, 3.8) is 0 Å². The minimum absolute atomic E-state index is 0.0108. The van der Waals surface area contributed by atoms with Crippen molar-refractivity contribution in [1.29, 1.82) is 0 Å². The number of halogens is 1. The molecule has 0 saturated heterocycles. The van der Waals surface area contributed by atoms with Crippen LogP contribution in [-0.4, -0.2) is 39.9 Å². The number of fused-ring (bicyclic) bond motifs is 1. The molecule has 0 unspecified atom stereocenters. The Hall–Kier alpha value is -3.10. The van der Waals surface area contributed by atoms with Crippen molar-refractivity contribution in [3.8, 4) is 22.6 Å². The van der Waals surface area contributed by atoms with E-state index < -0.39 is 9.84 Å². The van der Waals surface area contributed by atoms with Crippen molar-refractivity contribution in [2.24, 2.45) is 0 Å². The molecule has 0 atom stereocenters. The molecular formula is C21H17ClN4O3S. The van der Waals surface area contributed by atoms with Gasteiger partial charge in [-0.05, 0) is 42.5 Å². The van der Waals surface area contributed by atoms with Gasteiger partial charge in [-0.3, -0.25) is 19.3 Å². The average molecular weight is 441 g/mol. The van der Waals surface area contributed by atoms with Crippen LogP contribution in [0.25, 0.3) is 33.5 Å². The van der Waals surface area contributed by atoms with E-state index in [2.05, 4.69) is 9.97 Å². The summed E-state index contributed by atoms with van der Waals surface area (Å²) in [5.41, 5.74) is 2.00. The minimum atomic E-state index is -3.28. The lowest BCUT2D eigenvalue weighted by Crippen LogP contribution is -2.27. The predicted molar refractivity (Wildman–Crippen MR) is 117 cm³/mol. The number of nitrogens with zero attached hydrogens (tertiary/aromatic N) is 4. The Balaban J connectivity index is 2.02. The van der Waals surface area contributed by atoms with Crippen molar-refractivity contribution in [2.75, 3.05) is 12.0 Å². The fourth-order valence-corrected chi connectivity index (χ4v) is 3.79. The van der Waals surface area contributed by atoms with Gasteiger partial charge in [-0.25, -0.2) is 13.4 Å². The van der Waals surface area contributed by atoms with Crippen LogP contribution in [0.15, 0.2) is 65.8 Å². The van der Waals surface area contributed by atoms with Crippen molar-refractivity contribution < 1.29 is 8.42 Å². The zero-order valence-corrected chi connectivity index (χ0v) is 17.6. The molecule has 9 heteroatoms. The van der Waals surface area contributed by atoms with Gasteiger partial charge in [0.05, 0.1) is 16.8 Å². The zero-order chi connectivity index (χ0) is 21.3. The third-order valence-corrected chi connectivity index (χ3v) is 5.77. The summed E-state index contributed by atoms with van der Waals surface area (Å²) in [6, 6.07) is 12.1. The molecule has 0 radical (unpaired) electrons. The molecule has 3 heterocycles. The summed E-state index contributed by atoms with van der Waals surface area (Å²) in [6.07, 6.45) is 5.98. The highest BCUT2D eigenvalue weighted by Gasteiger charge is 2.18. The zero-order valence-electron chi connectivity index (χ0n) is 16.0. The molecule has 0 fully saturated rings. The first-order chi connectivity index (χ1) is 14.3. The standard InChI is InChI=1S/C21H17ClN4O3S/c1-30(28,29)12-11-26-20(14-4-6-16(22)7-5-14)25-19-17(21(26)27)8-10-24-18(19)15-3-2-9-23-13-15/h2-10,13H,11-12H2,1H3. The van der Waals surface area contributed by atoms with Crippen molar-refractivity contribution in [1.82, 2.24) is 19.5 Å². The van der Waals surface area contributed by atoms with Crippen LogP contribution in [-0.2, 0) is 16.4 Å². The van der Waals surface area contributed by atoms with Crippen molar-refractivity contribution >= 4 is 32.3 Å². The van der Waals surface area contributed by atoms with Gasteiger partial charge < -0.3 is 0 Å². The Morgan fingerprint density at radius 1 is 1.03 bits per heavy atom. The maximum Gasteiger partial charge on any atom is 0.261 e. The molecule has 7 nitrogen and oxygen atoms in total. The van der Waals surface area contributed by atoms with Crippen LogP contribution < -0.4 is 5.56 Å². The molecule has 1 aromatic carbocycles. The molecule has 0 amide bonds. The lowest BCUT2D eigenvalue weighted by molar-refractivity contribution is 0.593. The molecular weight excluding hydrogens is 424 g/mol. The van der Waals surface area contributed by atoms with Crippen LogP contribution in [0.5, 0.6) is 0 Å². The molecule has 4 aromatic rings. The average Bonchev–Trinajstić information content (AvgIpc) is 2.73. The quantitative estimate of drug-likeness (QED) is 0.473. The van der Waals surface area contributed by atoms with Crippen LogP contribution in [0.3, 0.4) is 0 Å². The van der Waals surface area contributed by atoms with Gasteiger partial charge in [-0.2, -0.15) is 0 Å². The molecule has 4 rings (SSSR count). The number of rotatable bonds is 5. The third-order valence-electron chi connectivity index (χ3n) is 4.60. The monoisotopic (exact) mass is 440 g/mol. The summed E-state index contributed by atoms with van der Waals surface area (Å²) in [4.78, 5) is 26.6. The van der Waals surface area contributed by atoms with Crippen LogP contribution in [0.4, 0.5) is 0 Å². The Labute approximate surface area is 178 Å². The maximum absolute atomic E-state index is 13.3. The fourth-order valence-electron chi connectivity index (χ4n) is 3.15. The van der Waals surface area contributed by atoms with E-state index >= 15 is 0 Å². The first kappa shape index (κ1) is 20.2. The molecule has 0 spiro atoms. The van der Waals surface area contributed by atoms with Gasteiger partial charge in [-0.15, -0.1) is 0 Å². The van der Waals surface area contributed by atoms with Crippen molar-refractivity contribution in [2.45, 2.75) is 6.54 Å². The number of hydrogen-bond donors (Lipinski definition) is 0.